The van der Waals surface area contributed by atoms with Gasteiger partial charge in [-0.1, -0.05) is 12.1 Å². The van der Waals surface area contributed by atoms with Gasteiger partial charge < -0.3 is 19.9 Å². The monoisotopic (exact) mass is 457 g/mol. The molecule has 0 bridgehead atoms. The first-order valence-corrected chi connectivity index (χ1v) is 11.6. The van der Waals surface area contributed by atoms with Gasteiger partial charge in [0.25, 0.3) is 11.8 Å². The minimum absolute atomic E-state index is 0.0376. The predicted octanol–water partition coefficient (Wildman–Crippen LogP) is 3.47. The third-order valence-corrected chi connectivity index (χ3v) is 6.17. The number of amides is 2. The van der Waals surface area contributed by atoms with E-state index in [1.54, 1.807) is 23.2 Å². The standard InChI is InChI=1S/C26H27N5O3/c32-25(28-21-6-8-22(9-7-21)30-10-1-2-11-30)24-18-27-17-23(29-24)19-4-3-5-20(16-19)26(33)31-12-14-34-15-13-31/h3-9,16-18H,1-2,10-15H2,(H,28,32). The minimum atomic E-state index is -0.330. The number of benzene rings is 2. The van der Waals surface area contributed by atoms with E-state index in [1.807, 2.05) is 36.4 Å². The van der Waals surface area contributed by atoms with Gasteiger partial charge in [0.2, 0.25) is 0 Å². The molecule has 0 atom stereocenters. The molecule has 1 aromatic heterocycles. The molecule has 0 saturated carbocycles. The molecule has 34 heavy (non-hydrogen) atoms. The minimum Gasteiger partial charge on any atom is -0.378 e. The van der Waals surface area contributed by atoms with Crippen LogP contribution in [0.3, 0.4) is 0 Å². The molecule has 174 valence electrons. The molecule has 2 amide bonds. The Morgan fingerprint density at radius 3 is 2.44 bits per heavy atom. The molecule has 2 saturated heterocycles. The highest BCUT2D eigenvalue weighted by Crippen LogP contribution is 2.23. The van der Waals surface area contributed by atoms with E-state index in [9.17, 15) is 9.59 Å². The van der Waals surface area contributed by atoms with Crippen molar-refractivity contribution in [1.29, 1.82) is 0 Å². The Labute approximate surface area is 198 Å². The molecule has 0 radical (unpaired) electrons. The number of nitrogens with zero attached hydrogens (tertiary/aromatic N) is 4. The zero-order valence-electron chi connectivity index (χ0n) is 18.9. The third-order valence-electron chi connectivity index (χ3n) is 6.17. The summed E-state index contributed by atoms with van der Waals surface area (Å²) in [6.45, 7) is 4.42. The largest absolute Gasteiger partial charge is 0.378 e. The van der Waals surface area contributed by atoms with Crippen molar-refractivity contribution in [1.82, 2.24) is 14.9 Å². The zero-order chi connectivity index (χ0) is 23.3. The fourth-order valence-electron chi connectivity index (χ4n) is 4.30. The molecule has 0 spiro atoms. The molecule has 0 aliphatic carbocycles. The summed E-state index contributed by atoms with van der Waals surface area (Å²) >= 11 is 0. The number of nitrogens with one attached hydrogen (secondary N) is 1. The van der Waals surface area contributed by atoms with E-state index < -0.39 is 0 Å². The molecule has 1 N–H and O–H groups in total. The van der Waals surface area contributed by atoms with E-state index in [4.69, 9.17) is 4.74 Å². The number of hydrogen-bond acceptors (Lipinski definition) is 6. The average Bonchev–Trinajstić information content (AvgIpc) is 3.44. The van der Waals surface area contributed by atoms with Crippen molar-refractivity contribution >= 4 is 23.2 Å². The van der Waals surface area contributed by atoms with Crippen LogP contribution in [0.1, 0.15) is 33.7 Å². The van der Waals surface area contributed by atoms with E-state index in [0.717, 1.165) is 18.7 Å². The second-order valence-electron chi connectivity index (χ2n) is 8.47. The van der Waals surface area contributed by atoms with Gasteiger partial charge in [-0.15, -0.1) is 0 Å². The summed E-state index contributed by atoms with van der Waals surface area (Å²) in [5, 5.41) is 2.89. The Bertz CT molecular complexity index is 1170. The van der Waals surface area contributed by atoms with E-state index >= 15 is 0 Å². The predicted molar refractivity (Wildman–Crippen MR) is 130 cm³/mol. The molecular formula is C26H27N5O3. The number of aromatic nitrogens is 2. The van der Waals surface area contributed by atoms with Gasteiger partial charge in [0.05, 0.1) is 31.3 Å². The maximum atomic E-state index is 12.8. The third kappa shape index (κ3) is 4.92. The van der Waals surface area contributed by atoms with Crippen LogP contribution in [0, 0.1) is 0 Å². The number of carbonyl (C=O) groups excluding carboxylic acids is 2. The molecule has 8 heteroatoms. The van der Waals surface area contributed by atoms with Gasteiger partial charge in [0, 0.05) is 48.7 Å². The van der Waals surface area contributed by atoms with Crippen LogP contribution in [0.5, 0.6) is 0 Å². The molecule has 2 aliphatic heterocycles. The van der Waals surface area contributed by atoms with Crippen LogP contribution in [-0.4, -0.2) is 66.1 Å². The van der Waals surface area contributed by atoms with Crippen molar-refractivity contribution in [2.75, 3.05) is 49.6 Å². The normalized spacial score (nSPS) is 15.9. The molecule has 2 fully saturated rings. The second-order valence-corrected chi connectivity index (χ2v) is 8.47. The molecule has 8 nitrogen and oxygen atoms in total. The number of ether oxygens (including phenoxy) is 1. The van der Waals surface area contributed by atoms with E-state index in [0.29, 0.717) is 43.2 Å². The SMILES string of the molecule is O=C(Nc1ccc(N2CCCC2)cc1)c1cncc(-c2cccc(C(=O)N3CCOCC3)c2)n1. The lowest BCUT2D eigenvalue weighted by Crippen LogP contribution is -2.40. The summed E-state index contributed by atoms with van der Waals surface area (Å²) in [4.78, 5) is 38.5. The van der Waals surface area contributed by atoms with Crippen LogP contribution >= 0.6 is 0 Å². The second kappa shape index (κ2) is 10.0. The van der Waals surface area contributed by atoms with Crippen molar-refractivity contribution < 1.29 is 14.3 Å². The maximum absolute atomic E-state index is 12.8. The first-order chi connectivity index (χ1) is 16.7. The number of morpholine rings is 1. The summed E-state index contributed by atoms with van der Waals surface area (Å²) < 4.78 is 5.33. The van der Waals surface area contributed by atoms with Gasteiger partial charge in [-0.25, -0.2) is 4.98 Å². The maximum Gasteiger partial charge on any atom is 0.275 e. The summed E-state index contributed by atoms with van der Waals surface area (Å²) in [7, 11) is 0. The Balaban J connectivity index is 1.29. The Morgan fingerprint density at radius 2 is 1.68 bits per heavy atom. The fraction of sp³-hybridized carbons (Fsp3) is 0.308. The van der Waals surface area contributed by atoms with Gasteiger partial charge in [0.15, 0.2) is 0 Å². The van der Waals surface area contributed by atoms with Crippen molar-refractivity contribution in [2.24, 2.45) is 0 Å². The molecule has 3 heterocycles. The van der Waals surface area contributed by atoms with Crippen LogP contribution in [0.15, 0.2) is 60.9 Å². The lowest BCUT2D eigenvalue weighted by atomic mass is 10.1. The lowest BCUT2D eigenvalue weighted by Gasteiger charge is -2.27. The van der Waals surface area contributed by atoms with Gasteiger partial charge in [-0.05, 0) is 49.2 Å². The molecule has 0 unspecified atom stereocenters. The van der Waals surface area contributed by atoms with Crippen LogP contribution in [0.2, 0.25) is 0 Å². The van der Waals surface area contributed by atoms with Gasteiger partial charge in [-0.2, -0.15) is 0 Å². The van der Waals surface area contributed by atoms with Crippen LogP contribution in [0.4, 0.5) is 11.4 Å². The Kier molecular flexibility index (Phi) is 6.49. The van der Waals surface area contributed by atoms with Crippen molar-refractivity contribution in [3.8, 4) is 11.3 Å². The number of hydrogen-bond donors (Lipinski definition) is 1. The molecule has 2 aromatic carbocycles. The van der Waals surface area contributed by atoms with E-state index in [2.05, 4.69) is 20.2 Å². The molecule has 3 aromatic rings. The van der Waals surface area contributed by atoms with Gasteiger partial charge in [-0.3, -0.25) is 14.6 Å². The van der Waals surface area contributed by atoms with Crippen molar-refractivity contribution in [2.45, 2.75) is 12.8 Å². The van der Waals surface area contributed by atoms with E-state index in [1.165, 1.54) is 24.7 Å². The van der Waals surface area contributed by atoms with E-state index in [-0.39, 0.29) is 17.5 Å². The smallest absolute Gasteiger partial charge is 0.275 e. The average molecular weight is 458 g/mol. The van der Waals surface area contributed by atoms with Crippen molar-refractivity contribution in [3.05, 3.63) is 72.2 Å². The quantitative estimate of drug-likeness (QED) is 0.631. The van der Waals surface area contributed by atoms with Gasteiger partial charge >= 0.3 is 0 Å². The molecule has 5 rings (SSSR count). The highest BCUT2D eigenvalue weighted by molar-refractivity contribution is 6.03. The first kappa shape index (κ1) is 22.0. The molecule has 2 aliphatic rings. The number of rotatable bonds is 5. The number of carbonyl (C=O) groups is 2. The van der Waals surface area contributed by atoms with Crippen LogP contribution < -0.4 is 10.2 Å². The first-order valence-electron chi connectivity index (χ1n) is 11.6. The fourth-order valence-corrected chi connectivity index (χ4v) is 4.30. The van der Waals surface area contributed by atoms with Crippen LogP contribution in [-0.2, 0) is 4.74 Å². The highest BCUT2D eigenvalue weighted by atomic mass is 16.5. The Morgan fingerprint density at radius 1 is 0.912 bits per heavy atom. The summed E-state index contributed by atoms with van der Waals surface area (Å²) in [5.41, 5.74) is 3.94. The van der Waals surface area contributed by atoms with Gasteiger partial charge in [0.1, 0.15) is 5.69 Å². The summed E-state index contributed by atoms with van der Waals surface area (Å²) in [6.07, 6.45) is 5.48. The highest BCUT2D eigenvalue weighted by Gasteiger charge is 2.19. The van der Waals surface area contributed by atoms with Crippen molar-refractivity contribution in [3.63, 3.8) is 0 Å². The topological polar surface area (TPSA) is 87.7 Å². The van der Waals surface area contributed by atoms with Crippen LogP contribution in [0.25, 0.3) is 11.3 Å². The Hall–Kier alpha value is -3.78. The lowest BCUT2D eigenvalue weighted by molar-refractivity contribution is 0.0303. The molecular weight excluding hydrogens is 430 g/mol. The summed E-state index contributed by atoms with van der Waals surface area (Å²) in [6, 6.07) is 15.1. The number of anilines is 2. The zero-order valence-corrected chi connectivity index (χ0v) is 18.9. The summed E-state index contributed by atoms with van der Waals surface area (Å²) in [5.74, 6) is -0.367.